The van der Waals surface area contributed by atoms with Gasteiger partial charge < -0.3 is 4.74 Å². The summed E-state index contributed by atoms with van der Waals surface area (Å²) >= 11 is 0. The number of allylic oxidation sites excluding steroid dienone is 3. The predicted molar refractivity (Wildman–Crippen MR) is 82.3 cm³/mol. The lowest BCUT2D eigenvalue weighted by Crippen LogP contribution is -2.44. The molecule has 1 saturated carbocycles. The van der Waals surface area contributed by atoms with Crippen molar-refractivity contribution in [3.8, 4) is 0 Å². The molecule has 1 fully saturated rings. The number of hydrogen-bond donors (Lipinski definition) is 0. The molecule has 2 heteroatoms. The van der Waals surface area contributed by atoms with Gasteiger partial charge in [0.15, 0.2) is 0 Å². The van der Waals surface area contributed by atoms with Gasteiger partial charge in [0.25, 0.3) is 0 Å². The highest BCUT2D eigenvalue weighted by molar-refractivity contribution is 5.65. The van der Waals surface area contributed by atoms with Gasteiger partial charge in [0.2, 0.25) is 0 Å². The summed E-state index contributed by atoms with van der Waals surface area (Å²) in [7, 11) is 0. The Labute approximate surface area is 123 Å². The van der Waals surface area contributed by atoms with Gasteiger partial charge in [-0.15, -0.1) is 0 Å². The van der Waals surface area contributed by atoms with Crippen LogP contribution in [0, 0.1) is 17.3 Å². The van der Waals surface area contributed by atoms with Crippen molar-refractivity contribution in [3.63, 3.8) is 0 Å². The van der Waals surface area contributed by atoms with Crippen LogP contribution in [0.4, 0.5) is 0 Å². The normalized spacial score (nSPS) is 34.0. The van der Waals surface area contributed by atoms with Gasteiger partial charge in [0.05, 0.1) is 6.61 Å². The first-order valence-electron chi connectivity index (χ1n) is 7.88. The van der Waals surface area contributed by atoms with Crippen molar-refractivity contribution in [1.82, 2.24) is 0 Å². The second kappa shape index (κ2) is 6.15. The van der Waals surface area contributed by atoms with E-state index in [2.05, 4.69) is 32.9 Å². The maximum atomic E-state index is 10.9. The number of hydrogen-bond acceptors (Lipinski definition) is 2. The van der Waals surface area contributed by atoms with E-state index in [0.29, 0.717) is 17.9 Å². The fourth-order valence-corrected chi connectivity index (χ4v) is 3.87. The van der Waals surface area contributed by atoms with Crippen molar-refractivity contribution >= 4 is 5.97 Å². The summed E-state index contributed by atoms with van der Waals surface area (Å²) in [6.07, 6.45) is 10.5. The molecule has 20 heavy (non-hydrogen) atoms. The van der Waals surface area contributed by atoms with Gasteiger partial charge in [-0.3, -0.25) is 4.79 Å². The van der Waals surface area contributed by atoms with E-state index in [-0.39, 0.29) is 5.97 Å². The molecule has 2 aliphatic carbocycles. The summed E-state index contributed by atoms with van der Waals surface area (Å²) in [5.74, 6) is 1.32. The molecule has 0 N–H and O–H groups in total. The van der Waals surface area contributed by atoms with Gasteiger partial charge >= 0.3 is 5.97 Å². The molecule has 0 aromatic rings. The van der Waals surface area contributed by atoms with Gasteiger partial charge in [-0.2, -0.15) is 0 Å². The van der Waals surface area contributed by atoms with Crippen LogP contribution in [0.3, 0.4) is 0 Å². The Morgan fingerprint density at radius 3 is 2.80 bits per heavy atom. The zero-order chi connectivity index (χ0) is 14.8. The number of carbonyl (C=O) groups excluding carboxylic acids is 1. The number of esters is 1. The maximum absolute atomic E-state index is 10.9. The lowest BCUT2D eigenvalue weighted by Gasteiger charge is -2.53. The zero-order valence-electron chi connectivity index (χ0n) is 13.4. The van der Waals surface area contributed by atoms with Crippen LogP contribution in [-0.2, 0) is 9.53 Å². The predicted octanol–water partition coefficient (Wildman–Crippen LogP) is 4.66. The molecule has 0 aromatic carbocycles. The number of fused-ring (bicyclic) bond motifs is 1. The lowest BCUT2D eigenvalue weighted by atomic mass is 9.52. The van der Waals surface area contributed by atoms with E-state index < -0.39 is 0 Å². The van der Waals surface area contributed by atoms with Crippen LogP contribution in [0.2, 0.25) is 0 Å². The molecule has 2 rings (SSSR count). The summed E-state index contributed by atoms with van der Waals surface area (Å²) in [5, 5.41) is 0. The lowest BCUT2D eigenvalue weighted by molar-refractivity contribution is -0.140. The molecular formula is C18H28O2. The summed E-state index contributed by atoms with van der Waals surface area (Å²) < 4.78 is 5.13. The molecule has 0 saturated heterocycles. The van der Waals surface area contributed by atoms with E-state index in [1.165, 1.54) is 37.3 Å². The second-order valence-electron chi connectivity index (χ2n) is 7.10. The average Bonchev–Trinajstić information content (AvgIpc) is 2.39. The summed E-state index contributed by atoms with van der Waals surface area (Å²) in [6, 6.07) is 0. The number of ether oxygens (including phenoxy) is 1. The molecule has 0 heterocycles. The van der Waals surface area contributed by atoms with Crippen molar-refractivity contribution in [1.29, 1.82) is 0 Å². The molecule has 0 spiro atoms. The minimum atomic E-state index is -0.171. The third-order valence-electron chi connectivity index (χ3n) is 5.10. The molecule has 0 aliphatic heterocycles. The Hall–Kier alpha value is -1.05. The third kappa shape index (κ3) is 3.53. The van der Waals surface area contributed by atoms with Gasteiger partial charge in [-0.25, -0.2) is 0 Å². The highest BCUT2D eigenvalue weighted by Crippen LogP contribution is 2.56. The van der Waals surface area contributed by atoms with Gasteiger partial charge in [0.1, 0.15) is 0 Å². The van der Waals surface area contributed by atoms with Crippen LogP contribution >= 0.6 is 0 Å². The Kier molecular flexibility index (Phi) is 4.72. The zero-order valence-corrected chi connectivity index (χ0v) is 13.4. The topological polar surface area (TPSA) is 26.3 Å². The van der Waals surface area contributed by atoms with Crippen molar-refractivity contribution in [2.24, 2.45) is 17.3 Å². The van der Waals surface area contributed by atoms with Crippen LogP contribution in [0.15, 0.2) is 23.3 Å². The summed E-state index contributed by atoms with van der Waals surface area (Å²) in [6.45, 7) is 9.06. The maximum Gasteiger partial charge on any atom is 0.302 e. The molecule has 0 amide bonds. The van der Waals surface area contributed by atoms with Gasteiger partial charge in [-0.1, -0.05) is 37.1 Å². The Morgan fingerprint density at radius 1 is 1.40 bits per heavy atom. The largest absolute Gasteiger partial charge is 0.466 e. The van der Waals surface area contributed by atoms with E-state index in [1.807, 2.05) is 0 Å². The van der Waals surface area contributed by atoms with Gasteiger partial charge in [-0.05, 0) is 49.9 Å². The molecule has 0 aromatic heterocycles. The van der Waals surface area contributed by atoms with E-state index in [9.17, 15) is 4.79 Å². The van der Waals surface area contributed by atoms with Crippen LogP contribution in [0.5, 0.6) is 0 Å². The van der Waals surface area contributed by atoms with E-state index in [0.717, 1.165) is 18.8 Å². The third-order valence-corrected chi connectivity index (χ3v) is 5.10. The van der Waals surface area contributed by atoms with E-state index >= 15 is 0 Å². The van der Waals surface area contributed by atoms with Crippen molar-refractivity contribution < 1.29 is 9.53 Å². The minimum absolute atomic E-state index is 0.171. The fourth-order valence-electron chi connectivity index (χ4n) is 3.87. The number of carbonyl (C=O) groups is 1. The van der Waals surface area contributed by atoms with Crippen molar-refractivity contribution in [2.75, 3.05) is 6.61 Å². The smallest absolute Gasteiger partial charge is 0.302 e. The standard InChI is InChI=1S/C18H28O2/c1-13-6-5-7-15(10-11-20-14(2)19)16-12-18(3,4)17(16)9-8-13/h6-7,16-17H,5,8-12H2,1-4H3/b13-6-,15-7-. The minimum Gasteiger partial charge on any atom is -0.466 e. The molecule has 0 radical (unpaired) electrons. The summed E-state index contributed by atoms with van der Waals surface area (Å²) in [5.41, 5.74) is 3.50. The molecule has 112 valence electrons. The fraction of sp³-hybridized carbons (Fsp3) is 0.722. The van der Waals surface area contributed by atoms with Crippen molar-refractivity contribution in [3.05, 3.63) is 23.3 Å². The van der Waals surface area contributed by atoms with E-state index in [1.54, 1.807) is 0 Å². The highest BCUT2D eigenvalue weighted by Gasteiger charge is 2.47. The van der Waals surface area contributed by atoms with Crippen LogP contribution < -0.4 is 0 Å². The Morgan fingerprint density at radius 2 is 2.15 bits per heavy atom. The molecule has 2 atom stereocenters. The van der Waals surface area contributed by atoms with Crippen LogP contribution in [-0.4, -0.2) is 12.6 Å². The molecule has 2 aliphatic rings. The molecule has 2 unspecified atom stereocenters. The first kappa shape index (κ1) is 15.3. The first-order chi connectivity index (χ1) is 9.40. The van der Waals surface area contributed by atoms with Crippen LogP contribution in [0.1, 0.15) is 59.8 Å². The SMILES string of the molecule is CC(=O)OCC/C1=C/C/C=C(/C)CCC2C1CC2(C)C. The average molecular weight is 276 g/mol. The quantitative estimate of drug-likeness (QED) is 0.553. The highest BCUT2D eigenvalue weighted by atomic mass is 16.5. The molecule has 2 nitrogen and oxygen atoms in total. The summed E-state index contributed by atoms with van der Waals surface area (Å²) in [4.78, 5) is 10.9. The number of rotatable bonds is 3. The Bertz CT molecular complexity index is 429. The van der Waals surface area contributed by atoms with E-state index in [4.69, 9.17) is 4.74 Å². The molecular weight excluding hydrogens is 248 g/mol. The monoisotopic (exact) mass is 276 g/mol. The first-order valence-corrected chi connectivity index (χ1v) is 7.88. The van der Waals surface area contributed by atoms with Crippen LogP contribution in [0.25, 0.3) is 0 Å². The Balaban J connectivity index is 2.06. The molecule has 0 bridgehead atoms. The second-order valence-corrected chi connectivity index (χ2v) is 7.10. The van der Waals surface area contributed by atoms with Gasteiger partial charge in [0, 0.05) is 13.3 Å². The van der Waals surface area contributed by atoms with Crippen molar-refractivity contribution in [2.45, 2.75) is 59.8 Å².